The predicted octanol–water partition coefficient (Wildman–Crippen LogP) is 2.30. The Morgan fingerprint density at radius 3 is 2.04 bits per heavy atom. The molecule has 2 aliphatic rings. The summed E-state index contributed by atoms with van der Waals surface area (Å²) in [5, 5.41) is 3.46. The van der Waals surface area contributed by atoms with Crippen molar-refractivity contribution in [2.45, 2.75) is 52.4 Å². The van der Waals surface area contributed by atoms with Crippen LogP contribution in [0.2, 0.25) is 0 Å². The molecule has 0 unspecified atom stereocenters. The molecule has 5 nitrogen and oxygen atoms in total. The Labute approximate surface area is 152 Å². The molecule has 0 aromatic rings. The van der Waals surface area contributed by atoms with E-state index >= 15 is 0 Å². The van der Waals surface area contributed by atoms with Gasteiger partial charge in [-0.25, -0.2) is 0 Å². The minimum Gasteiger partial charge on any atom is -0.343 e. The molecule has 0 aromatic heterocycles. The molecular formula is C18H34ClN3O2. The summed E-state index contributed by atoms with van der Waals surface area (Å²) in [6.07, 6.45) is 4.90. The van der Waals surface area contributed by atoms with Crippen molar-refractivity contribution in [2.75, 3.05) is 39.3 Å². The molecule has 0 spiro atoms. The van der Waals surface area contributed by atoms with Gasteiger partial charge in [-0.1, -0.05) is 13.8 Å². The number of halogens is 1. The van der Waals surface area contributed by atoms with E-state index in [1.165, 1.54) is 0 Å². The van der Waals surface area contributed by atoms with E-state index < -0.39 is 0 Å². The van der Waals surface area contributed by atoms with Gasteiger partial charge in [-0.15, -0.1) is 12.4 Å². The molecule has 0 aliphatic carbocycles. The number of hydrogen-bond donors (Lipinski definition) is 1. The summed E-state index contributed by atoms with van der Waals surface area (Å²) < 4.78 is 0. The van der Waals surface area contributed by atoms with E-state index in [2.05, 4.69) is 19.2 Å². The van der Waals surface area contributed by atoms with E-state index in [0.717, 1.165) is 76.8 Å². The smallest absolute Gasteiger partial charge is 0.223 e. The van der Waals surface area contributed by atoms with E-state index in [9.17, 15) is 9.59 Å². The van der Waals surface area contributed by atoms with Gasteiger partial charge in [0.1, 0.15) is 0 Å². The molecular weight excluding hydrogens is 326 g/mol. The fourth-order valence-corrected chi connectivity index (χ4v) is 3.90. The number of rotatable bonds is 7. The second-order valence-electron chi connectivity index (χ2n) is 7.02. The number of hydrogen-bond acceptors (Lipinski definition) is 3. The van der Waals surface area contributed by atoms with Gasteiger partial charge in [-0.3, -0.25) is 9.59 Å². The number of fused-ring (bicyclic) bond motifs is 1. The molecule has 2 rings (SSSR count). The van der Waals surface area contributed by atoms with Crippen LogP contribution >= 0.6 is 12.4 Å². The van der Waals surface area contributed by atoms with E-state index in [1.807, 2.05) is 9.80 Å². The molecule has 2 atom stereocenters. The van der Waals surface area contributed by atoms with Gasteiger partial charge >= 0.3 is 0 Å². The van der Waals surface area contributed by atoms with E-state index in [0.29, 0.717) is 12.8 Å². The van der Waals surface area contributed by atoms with Crippen LogP contribution in [0.5, 0.6) is 0 Å². The molecule has 2 amide bonds. The van der Waals surface area contributed by atoms with Crippen molar-refractivity contribution in [3.8, 4) is 0 Å². The molecule has 0 saturated carbocycles. The average molecular weight is 360 g/mol. The number of nitrogens with zero attached hydrogens (tertiary/aromatic N) is 2. The third kappa shape index (κ3) is 5.92. The van der Waals surface area contributed by atoms with Gasteiger partial charge in [0.2, 0.25) is 11.8 Å². The fourth-order valence-electron chi connectivity index (χ4n) is 3.90. The average Bonchev–Trinajstić information content (AvgIpc) is 2.90. The number of amides is 2. The third-order valence-electron chi connectivity index (χ3n) is 5.26. The maximum atomic E-state index is 12.5. The summed E-state index contributed by atoms with van der Waals surface area (Å²) in [5.41, 5.74) is 0. The van der Waals surface area contributed by atoms with Gasteiger partial charge in [-0.2, -0.15) is 0 Å². The Balaban J connectivity index is 0.00000288. The Morgan fingerprint density at radius 2 is 1.54 bits per heavy atom. The molecule has 24 heavy (non-hydrogen) atoms. The van der Waals surface area contributed by atoms with Gasteiger partial charge in [0, 0.05) is 39.0 Å². The second kappa shape index (κ2) is 10.9. The highest BCUT2D eigenvalue weighted by molar-refractivity contribution is 5.85. The topological polar surface area (TPSA) is 52.7 Å². The number of carbonyl (C=O) groups excluding carboxylic acids is 2. The van der Waals surface area contributed by atoms with Crippen LogP contribution in [0.3, 0.4) is 0 Å². The molecule has 2 aliphatic heterocycles. The van der Waals surface area contributed by atoms with Gasteiger partial charge in [0.05, 0.1) is 0 Å². The normalized spacial score (nSPS) is 23.2. The van der Waals surface area contributed by atoms with E-state index in [1.54, 1.807) is 0 Å². The van der Waals surface area contributed by atoms with Crippen molar-refractivity contribution in [3.63, 3.8) is 0 Å². The number of carbonyl (C=O) groups is 2. The van der Waals surface area contributed by atoms with Crippen molar-refractivity contribution in [3.05, 3.63) is 0 Å². The quantitative estimate of drug-likeness (QED) is 0.758. The van der Waals surface area contributed by atoms with Crippen molar-refractivity contribution in [1.82, 2.24) is 15.1 Å². The van der Waals surface area contributed by atoms with Gasteiger partial charge < -0.3 is 15.1 Å². The zero-order valence-corrected chi connectivity index (χ0v) is 16.1. The summed E-state index contributed by atoms with van der Waals surface area (Å²) in [6, 6.07) is 0. The fraction of sp³-hybridized carbons (Fsp3) is 0.889. The molecule has 1 N–H and O–H groups in total. The van der Waals surface area contributed by atoms with E-state index in [4.69, 9.17) is 0 Å². The lowest BCUT2D eigenvalue weighted by Gasteiger charge is -2.23. The number of nitrogens with one attached hydrogen (secondary N) is 1. The van der Waals surface area contributed by atoms with Crippen LogP contribution in [0, 0.1) is 11.8 Å². The largest absolute Gasteiger partial charge is 0.343 e. The first-order valence-electron chi connectivity index (χ1n) is 9.42. The predicted molar refractivity (Wildman–Crippen MR) is 99.3 cm³/mol. The Hall–Kier alpha value is -0.810. The van der Waals surface area contributed by atoms with Crippen LogP contribution in [0.25, 0.3) is 0 Å². The Bertz CT molecular complexity index is 386. The SMILES string of the molecule is CCCN(CCC)C(=O)CCC(=O)N1CC[C@@H]2CNC[C@@H]2CC1.Cl. The molecule has 0 radical (unpaired) electrons. The molecule has 6 heteroatoms. The van der Waals surface area contributed by atoms with Crippen molar-refractivity contribution in [1.29, 1.82) is 0 Å². The summed E-state index contributed by atoms with van der Waals surface area (Å²) in [4.78, 5) is 28.6. The van der Waals surface area contributed by atoms with Crippen LogP contribution in [0.15, 0.2) is 0 Å². The zero-order valence-electron chi connectivity index (χ0n) is 15.3. The highest BCUT2D eigenvalue weighted by Gasteiger charge is 2.31. The maximum absolute atomic E-state index is 12.5. The second-order valence-corrected chi connectivity index (χ2v) is 7.02. The Morgan fingerprint density at radius 1 is 1.00 bits per heavy atom. The minimum absolute atomic E-state index is 0. The lowest BCUT2D eigenvalue weighted by atomic mass is 9.92. The first-order chi connectivity index (χ1) is 11.2. The first kappa shape index (κ1) is 21.2. The number of likely N-dealkylation sites (tertiary alicyclic amines) is 1. The molecule has 140 valence electrons. The third-order valence-corrected chi connectivity index (χ3v) is 5.26. The van der Waals surface area contributed by atoms with Crippen LogP contribution < -0.4 is 5.32 Å². The summed E-state index contributed by atoms with van der Waals surface area (Å²) >= 11 is 0. The lowest BCUT2D eigenvalue weighted by Crippen LogP contribution is -2.36. The summed E-state index contributed by atoms with van der Waals surface area (Å²) in [5.74, 6) is 1.77. The standard InChI is InChI=1S/C18H33N3O2.ClH/c1-3-9-20(10-4-2)17(22)5-6-18(23)21-11-7-15-13-19-14-16(15)8-12-21;/h15-16,19H,3-14H2,1-2H3;1H/t15-,16+;. The van der Waals surface area contributed by atoms with E-state index in [-0.39, 0.29) is 24.2 Å². The monoisotopic (exact) mass is 359 g/mol. The highest BCUT2D eigenvalue weighted by atomic mass is 35.5. The Kier molecular flexibility index (Phi) is 9.67. The van der Waals surface area contributed by atoms with Crippen LogP contribution in [0.4, 0.5) is 0 Å². The first-order valence-corrected chi connectivity index (χ1v) is 9.42. The lowest BCUT2D eigenvalue weighted by molar-refractivity contribution is -0.137. The minimum atomic E-state index is 0. The summed E-state index contributed by atoms with van der Waals surface area (Å²) in [6.45, 7) is 9.73. The maximum Gasteiger partial charge on any atom is 0.223 e. The molecule has 2 fully saturated rings. The van der Waals surface area contributed by atoms with Crippen molar-refractivity contribution >= 4 is 24.2 Å². The van der Waals surface area contributed by atoms with Crippen LogP contribution in [0.1, 0.15) is 52.4 Å². The van der Waals surface area contributed by atoms with Crippen molar-refractivity contribution in [2.24, 2.45) is 11.8 Å². The van der Waals surface area contributed by atoms with Gasteiger partial charge in [-0.05, 0) is 50.6 Å². The molecule has 2 saturated heterocycles. The van der Waals surface area contributed by atoms with Crippen molar-refractivity contribution < 1.29 is 9.59 Å². The zero-order chi connectivity index (χ0) is 16.7. The van der Waals surface area contributed by atoms with Gasteiger partial charge in [0.25, 0.3) is 0 Å². The summed E-state index contributed by atoms with van der Waals surface area (Å²) in [7, 11) is 0. The van der Waals surface area contributed by atoms with Gasteiger partial charge in [0.15, 0.2) is 0 Å². The highest BCUT2D eigenvalue weighted by Crippen LogP contribution is 2.27. The molecule has 2 heterocycles. The van der Waals surface area contributed by atoms with Crippen LogP contribution in [-0.2, 0) is 9.59 Å². The molecule has 0 aromatic carbocycles. The molecule has 0 bridgehead atoms. The van der Waals surface area contributed by atoms with Crippen LogP contribution in [-0.4, -0.2) is 60.9 Å².